The van der Waals surface area contributed by atoms with Gasteiger partial charge in [-0.25, -0.2) is 5.43 Å². The number of carbonyl (C=O) groups is 2. The van der Waals surface area contributed by atoms with Gasteiger partial charge in [0, 0.05) is 12.5 Å². The van der Waals surface area contributed by atoms with Gasteiger partial charge < -0.3 is 15.2 Å². The number of carbonyl (C=O) groups excluding carboxylic acids is 2. The van der Waals surface area contributed by atoms with Crippen LogP contribution in [-0.2, 0) is 9.59 Å². The summed E-state index contributed by atoms with van der Waals surface area (Å²) in [5.41, 5.74) is 3.92. The van der Waals surface area contributed by atoms with Gasteiger partial charge in [0.2, 0.25) is 5.91 Å². The highest BCUT2D eigenvalue weighted by molar-refractivity contribution is 6.03. The molecular formula is C19H19N3O4. The molecule has 1 fully saturated rings. The number of nitrogens with zero attached hydrogens (tertiary/aromatic N) is 1. The Bertz CT molecular complexity index is 836. The maximum absolute atomic E-state index is 12.4. The van der Waals surface area contributed by atoms with Crippen molar-refractivity contribution in [3.8, 4) is 11.5 Å². The average Bonchev–Trinajstić information content (AvgIpc) is 3.04. The molecule has 7 nitrogen and oxygen atoms in total. The van der Waals surface area contributed by atoms with Crippen LogP contribution in [0.4, 0.5) is 0 Å². The van der Waals surface area contributed by atoms with E-state index in [1.165, 1.54) is 19.4 Å². The van der Waals surface area contributed by atoms with Crippen molar-refractivity contribution >= 4 is 18.0 Å². The second-order valence-corrected chi connectivity index (χ2v) is 5.91. The number of rotatable bonds is 5. The fraction of sp³-hybridized carbons (Fsp3) is 0.211. The molecule has 0 spiro atoms. The number of methoxy groups -OCH3 is 1. The van der Waals surface area contributed by atoms with Crippen LogP contribution in [0.5, 0.6) is 11.5 Å². The highest BCUT2D eigenvalue weighted by atomic mass is 16.5. The predicted octanol–water partition coefficient (Wildman–Crippen LogP) is 1.38. The third-order valence-electron chi connectivity index (χ3n) is 4.28. The molecule has 2 aromatic rings. The zero-order chi connectivity index (χ0) is 18.5. The molecule has 0 bridgehead atoms. The largest absolute Gasteiger partial charge is 0.504 e. The van der Waals surface area contributed by atoms with E-state index in [1.807, 2.05) is 30.3 Å². The van der Waals surface area contributed by atoms with Gasteiger partial charge in [0.15, 0.2) is 11.5 Å². The molecule has 3 rings (SSSR count). The summed E-state index contributed by atoms with van der Waals surface area (Å²) in [6.45, 7) is 0.414. The second kappa shape index (κ2) is 7.69. The van der Waals surface area contributed by atoms with Crippen LogP contribution in [0.2, 0.25) is 0 Å². The van der Waals surface area contributed by atoms with E-state index in [4.69, 9.17) is 4.74 Å². The van der Waals surface area contributed by atoms with E-state index in [0.29, 0.717) is 17.9 Å². The number of phenols is 1. The Kier molecular flexibility index (Phi) is 5.17. The highest BCUT2D eigenvalue weighted by Gasteiger charge is 2.40. The lowest BCUT2D eigenvalue weighted by Crippen LogP contribution is -2.34. The predicted molar refractivity (Wildman–Crippen MR) is 96.1 cm³/mol. The third kappa shape index (κ3) is 3.66. The van der Waals surface area contributed by atoms with E-state index in [9.17, 15) is 14.7 Å². The Morgan fingerprint density at radius 1 is 1.31 bits per heavy atom. The Hall–Kier alpha value is -3.35. The smallest absolute Gasteiger partial charge is 0.253 e. The van der Waals surface area contributed by atoms with Crippen molar-refractivity contribution in [1.82, 2.24) is 10.7 Å². The number of phenolic OH excluding ortho intramolecular Hbond substituents is 1. The van der Waals surface area contributed by atoms with E-state index in [0.717, 1.165) is 5.56 Å². The SMILES string of the molecule is COc1ccc(/C=N/NC(=O)[C@@H]2C(=O)NC[C@@H]2c2ccccc2)cc1O. The number of nitrogens with one attached hydrogen (secondary N) is 2. The van der Waals surface area contributed by atoms with Gasteiger partial charge in [0.05, 0.1) is 13.3 Å². The summed E-state index contributed by atoms with van der Waals surface area (Å²) in [4.78, 5) is 24.5. The minimum atomic E-state index is -0.834. The van der Waals surface area contributed by atoms with Crippen LogP contribution < -0.4 is 15.5 Å². The first-order chi connectivity index (χ1) is 12.6. The maximum atomic E-state index is 12.4. The van der Waals surface area contributed by atoms with E-state index in [1.54, 1.807) is 12.1 Å². The van der Waals surface area contributed by atoms with Gasteiger partial charge in [-0.2, -0.15) is 5.10 Å². The zero-order valence-electron chi connectivity index (χ0n) is 14.2. The molecule has 2 amide bonds. The molecule has 0 unspecified atom stereocenters. The summed E-state index contributed by atoms with van der Waals surface area (Å²) < 4.78 is 4.97. The van der Waals surface area contributed by atoms with Gasteiger partial charge in [-0.05, 0) is 29.3 Å². The molecule has 0 aromatic heterocycles. The van der Waals surface area contributed by atoms with Gasteiger partial charge in [0.25, 0.3) is 5.91 Å². The molecule has 26 heavy (non-hydrogen) atoms. The molecule has 7 heteroatoms. The number of hydrogen-bond donors (Lipinski definition) is 3. The molecule has 134 valence electrons. The quantitative estimate of drug-likeness (QED) is 0.429. The summed E-state index contributed by atoms with van der Waals surface area (Å²) in [6, 6.07) is 14.2. The lowest BCUT2D eigenvalue weighted by molar-refractivity contribution is -0.133. The Morgan fingerprint density at radius 2 is 2.08 bits per heavy atom. The topological polar surface area (TPSA) is 100 Å². The van der Waals surface area contributed by atoms with Crippen LogP contribution in [0.25, 0.3) is 0 Å². The van der Waals surface area contributed by atoms with E-state index >= 15 is 0 Å². The molecular weight excluding hydrogens is 334 g/mol. The Balaban J connectivity index is 1.68. The van der Waals surface area contributed by atoms with Crippen molar-refractivity contribution < 1.29 is 19.4 Å². The summed E-state index contributed by atoms with van der Waals surface area (Å²) in [5.74, 6) is -1.53. The van der Waals surface area contributed by atoms with Gasteiger partial charge in [-0.15, -0.1) is 0 Å². The van der Waals surface area contributed by atoms with E-state index < -0.39 is 11.8 Å². The second-order valence-electron chi connectivity index (χ2n) is 5.91. The summed E-state index contributed by atoms with van der Waals surface area (Å²) >= 11 is 0. The first-order valence-corrected chi connectivity index (χ1v) is 8.12. The number of hydrazone groups is 1. The van der Waals surface area contributed by atoms with Crippen molar-refractivity contribution in [2.75, 3.05) is 13.7 Å². The fourth-order valence-electron chi connectivity index (χ4n) is 2.96. The van der Waals surface area contributed by atoms with Gasteiger partial charge in [0.1, 0.15) is 5.92 Å². The molecule has 1 aliphatic rings. The van der Waals surface area contributed by atoms with Crippen molar-refractivity contribution in [2.45, 2.75) is 5.92 Å². The molecule has 1 saturated heterocycles. The monoisotopic (exact) mass is 353 g/mol. The maximum Gasteiger partial charge on any atom is 0.253 e. The lowest BCUT2D eigenvalue weighted by atomic mass is 9.88. The van der Waals surface area contributed by atoms with Crippen LogP contribution >= 0.6 is 0 Å². The van der Waals surface area contributed by atoms with Crippen LogP contribution in [0, 0.1) is 5.92 Å². The van der Waals surface area contributed by atoms with E-state index in [-0.39, 0.29) is 17.6 Å². The average molecular weight is 353 g/mol. The standard InChI is InChI=1S/C19H19N3O4/c1-26-16-8-7-12(9-15(16)23)10-21-22-19(25)17-14(11-20-18(17)24)13-5-3-2-4-6-13/h2-10,14,17,23H,11H2,1H3,(H,20,24)(H,22,25)/b21-10+/t14-,17+/m1/s1. The van der Waals surface area contributed by atoms with Crippen molar-refractivity contribution in [3.05, 3.63) is 59.7 Å². The molecule has 0 saturated carbocycles. The lowest BCUT2D eigenvalue weighted by Gasteiger charge is -2.15. The number of aromatic hydroxyl groups is 1. The van der Waals surface area contributed by atoms with Crippen molar-refractivity contribution in [3.63, 3.8) is 0 Å². The van der Waals surface area contributed by atoms with Gasteiger partial charge in [-0.1, -0.05) is 30.3 Å². The first-order valence-electron chi connectivity index (χ1n) is 8.12. The van der Waals surface area contributed by atoms with Crippen LogP contribution in [0.15, 0.2) is 53.6 Å². The van der Waals surface area contributed by atoms with Crippen LogP contribution in [-0.4, -0.2) is 36.8 Å². The summed E-state index contributed by atoms with van der Waals surface area (Å²) in [5, 5.41) is 16.4. The van der Waals surface area contributed by atoms with Crippen molar-refractivity contribution in [2.24, 2.45) is 11.0 Å². The molecule has 0 radical (unpaired) electrons. The normalized spacial score (nSPS) is 19.3. The number of amides is 2. The minimum absolute atomic E-state index is 0.0258. The Labute approximate surface area is 150 Å². The van der Waals surface area contributed by atoms with Crippen LogP contribution in [0.3, 0.4) is 0 Å². The van der Waals surface area contributed by atoms with Gasteiger partial charge >= 0.3 is 0 Å². The van der Waals surface area contributed by atoms with Crippen LogP contribution in [0.1, 0.15) is 17.0 Å². The summed E-state index contributed by atoms with van der Waals surface area (Å²) in [6.07, 6.45) is 1.39. The van der Waals surface area contributed by atoms with Gasteiger partial charge in [-0.3, -0.25) is 9.59 Å². The first kappa shape index (κ1) is 17.5. The Morgan fingerprint density at radius 3 is 2.77 bits per heavy atom. The summed E-state index contributed by atoms with van der Waals surface area (Å²) in [7, 11) is 1.46. The third-order valence-corrected chi connectivity index (χ3v) is 4.28. The number of benzene rings is 2. The zero-order valence-corrected chi connectivity index (χ0v) is 14.2. The molecule has 1 aliphatic heterocycles. The highest BCUT2D eigenvalue weighted by Crippen LogP contribution is 2.29. The van der Waals surface area contributed by atoms with E-state index in [2.05, 4.69) is 15.8 Å². The number of hydrogen-bond acceptors (Lipinski definition) is 5. The molecule has 0 aliphatic carbocycles. The molecule has 3 N–H and O–H groups in total. The molecule has 2 aromatic carbocycles. The minimum Gasteiger partial charge on any atom is -0.504 e. The molecule has 2 atom stereocenters. The van der Waals surface area contributed by atoms with Crippen molar-refractivity contribution in [1.29, 1.82) is 0 Å². The fourth-order valence-corrected chi connectivity index (χ4v) is 2.96. The number of ether oxygens (including phenoxy) is 1. The molecule has 1 heterocycles.